The topological polar surface area (TPSA) is 81.8 Å². The van der Waals surface area contributed by atoms with Crippen molar-refractivity contribution in [2.24, 2.45) is 5.90 Å². The molecule has 0 heterocycles. The second-order valence-electron chi connectivity index (χ2n) is 2.58. The third-order valence-electron chi connectivity index (χ3n) is 1.54. The fourth-order valence-corrected chi connectivity index (χ4v) is 0.854. The maximum atomic E-state index is 10.6. The highest BCUT2D eigenvalue weighted by atomic mass is 16.7. The van der Waals surface area contributed by atoms with Crippen LogP contribution in [0.15, 0.2) is 24.3 Å². The molecule has 0 radical (unpaired) electrons. The van der Waals surface area contributed by atoms with Gasteiger partial charge in [-0.25, -0.2) is 0 Å². The molecule has 76 valence electrons. The van der Waals surface area contributed by atoms with Gasteiger partial charge in [-0.2, -0.15) is 5.90 Å². The van der Waals surface area contributed by atoms with Gasteiger partial charge in [-0.1, -0.05) is 0 Å². The van der Waals surface area contributed by atoms with Crippen LogP contribution in [0.4, 0.5) is 0 Å². The van der Waals surface area contributed by atoms with Crippen LogP contribution in [0.25, 0.3) is 0 Å². The second-order valence-corrected chi connectivity index (χ2v) is 2.58. The number of rotatable bonds is 4. The van der Waals surface area contributed by atoms with Crippen molar-refractivity contribution >= 4 is 5.97 Å². The Bertz CT molecular complexity index is 296. The molecule has 0 atom stereocenters. The van der Waals surface area contributed by atoms with Gasteiger partial charge >= 0.3 is 5.97 Å². The summed E-state index contributed by atoms with van der Waals surface area (Å²) >= 11 is 0. The number of phenolic OH excluding ortho intramolecular Hbond substituents is 1. The van der Waals surface area contributed by atoms with Gasteiger partial charge in [0.1, 0.15) is 11.5 Å². The predicted molar refractivity (Wildman–Crippen MR) is 48.5 cm³/mol. The summed E-state index contributed by atoms with van der Waals surface area (Å²) in [6.45, 7) is 0.195. The van der Waals surface area contributed by atoms with Crippen molar-refractivity contribution in [1.82, 2.24) is 0 Å². The molecule has 0 aliphatic rings. The fraction of sp³-hybridized carbons (Fsp3) is 0.222. The molecule has 0 unspecified atom stereocenters. The molecule has 0 spiro atoms. The Labute approximate surface area is 81.0 Å². The van der Waals surface area contributed by atoms with E-state index in [1.54, 1.807) is 12.1 Å². The lowest BCUT2D eigenvalue weighted by molar-refractivity contribution is -0.144. The van der Waals surface area contributed by atoms with E-state index in [4.69, 9.17) is 9.84 Å². The van der Waals surface area contributed by atoms with Gasteiger partial charge in [-0.05, 0) is 24.3 Å². The first-order chi connectivity index (χ1) is 6.72. The Morgan fingerprint density at radius 2 is 2.00 bits per heavy atom. The van der Waals surface area contributed by atoms with Crippen molar-refractivity contribution in [3.05, 3.63) is 24.3 Å². The minimum atomic E-state index is -0.524. The molecule has 14 heavy (non-hydrogen) atoms. The van der Waals surface area contributed by atoms with Gasteiger partial charge in [0.25, 0.3) is 0 Å². The van der Waals surface area contributed by atoms with Gasteiger partial charge < -0.3 is 14.7 Å². The molecule has 0 amide bonds. The monoisotopic (exact) mass is 197 g/mol. The zero-order chi connectivity index (χ0) is 10.4. The van der Waals surface area contributed by atoms with Gasteiger partial charge in [0, 0.05) is 0 Å². The average Bonchev–Trinajstić information content (AvgIpc) is 2.21. The number of benzene rings is 1. The molecular weight excluding hydrogens is 186 g/mol. The van der Waals surface area contributed by atoms with E-state index in [0.29, 0.717) is 5.75 Å². The summed E-state index contributed by atoms with van der Waals surface area (Å²) in [4.78, 5) is 14.5. The van der Waals surface area contributed by atoms with Crippen molar-refractivity contribution < 1.29 is 19.5 Å². The van der Waals surface area contributed by atoms with Crippen molar-refractivity contribution in [2.75, 3.05) is 6.61 Å². The molecule has 0 bridgehead atoms. The molecular formula is C9H11NO4. The number of hydrogen-bond acceptors (Lipinski definition) is 5. The molecule has 0 fully saturated rings. The van der Waals surface area contributed by atoms with Gasteiger partial charge in [-0.15, -0.1) is 0 Å². The van der Waals surface area contributed by atoms with E-state index in [2.05, 4.69) is 10.7 Å². The number of phenols is 1. The van der Waals surface area contributed by atoms with E-state index in [1.807, 2.05) is 0 Å². The SMILES string of the molecule is NOC(=O)CCOc1ccc(O)cc1. The summed E-state index contributed by atoms with van der Waals surface area (Å²) in [5.41, 5.74) is 0. The third-order valence-corrected chi connectivity index (χ3v) is 1.54. The lowest BCUT2D eigenvalue weighted by atomic mass is 10.3. The molecule has 0 saturated heterocycles. The van der Waals surface area contributed by atoms with Gasteiger partial charge in [0.2, 0.25) is 0 Å². The van der Waals surface area contributed by atoms with Crippen molar-refractivity contribution in [3.8, 4) is 11.5 Å². The summed E-state index contributed by atoms with van der Waals surface area (Å²) in [7, 11) is 0. The maximum absolute atomic E-state index is 10.6. The summed E-state index contributed by atoms with van der Waals surface area (Å²) in [6, 6.07) is 6.19. The largest absolute Gasteiger partial charge is 0.508 e. The standard InChI is InChI=1S/C9H11NO4/c10-14-9(12)5-6-13-8-3-1-7(11)2-4-8/h1-4,11H,5-6,10H2. The molecule has 5 nitrogen and oxygen atoms in total. The molecule has 1 aromatic rings. The van der Waals surface area contributed by atoms with Crippen LogP contribution >= 0.6 is 0 Å². The lowest BCUT2D eigenvalue weighted by Crippen LogP contribution is -2.13. The van der Waals surface area contributed by atoms with E-state index in [1.165, 1.54) is 12.1 Å². The molecule has 5 heteroatoms. The van der Waals surface area contributed by atoms with Crippen LogP contribution in [0, 0.1) is 0 Å². The quantitative estimate of drug-likeness (QED) is 0.690. The van der Waals surface area contributed by atoms with E-state index in [-0.39, 0.29) is 18.8 Å². The van der Waals surface area contributed by atoms with E-state index >= 15 is 0 Å². The first kappa shape index (κ1) is 10.3. The van der Waals surface area contributed by atoms with Crippen LogP contribution < -0.4 is 10.6 Å². The van der Waals surface area contributed by atoms with Crippen LogP contribution in [-0.4, -0.2) is 17.7 Å². The normalized spacial score (nSPS) is 9.50. The number of aromatic hydroxyl groups is 1. The Hall–Kier alpha value is -1.75. The summed E-state index contributed by atoms with van der Waals surface area (Å²) in [5, 5.41) is 8.96. The second kappa shape index (κ2) is 5.08. The Morgan fingerprint density at radius 3 is 2.57 bits per heavy atom. The van der Waals surface area contributed by atoms with Gasteiger partial charge in [-0.3, -0.25) is 4.79 Å². The fourth-order valence-electron chi connectivity index (χ4n) is 0.854. The Balaban J connectivity index is 2.31. The highest BCUT2D eigenvalue weighted by Crippen LogP contribution is 2.15. The van der Waals surface area contributed by atoms with Crippen LogP contribution in [-0.2, 0) is 9.63 Å². The van der Waals surface area contributed by atoms with Crippen molar-refractivity contribution in [1.29, 1.82) is 0 Å². The molecule has 3 N–H and O–H groups in total. The molecule has 0 aliphatic heterocycles. The van der Waals surface area contributed by atoms with Crippen LogP contribution in [0.2, 0.25) is 0 Å². The number of hydrogen-bond donors (Lipinski definition) is 2. The number of ether oxygens (including phenoxy) is 1. The number of nitrogens with two attached hydrogens (primary N) is 1. The number of carbonyl (C=O) groups excluding carboxylic acids is 1. The minimum absolute atomic E-state index is 0.0946. The van der Waals surface area contributed by atoms with E-state index in [0.717, 1.165) is 0 Å². The predicted octanol–water partition coefficient (Wildman–Crippen LogP) is 0.578. The van der Waals surface area contributed by atoms with E-state index < -0.39 is 5.97 Å². The van der Waals surface area contributed by atoms with Crippen LogP contribution in [0.3, 0.4) is 0 Å². The highest BCUT2D eigenvalue weighted by molar-refractivity contribution is 5.68. The van der Waals surface area contributed by atoms with Gasteiger partial charge in [0.15, 0.2) is 0 Å². The molecule has 0 saturated carbocycles. The number of carbonyl (C=O) groups is 1. The zero-order valence-corrected chi connectivity index (χ0v) is 7.47. The maximum Gasteiger partial charge on any atom is 0.327 e. The summed E-state index contributed by atoms with van der Waals surface area (Å²) < 4.78 is 5.17. The average molecular weight is 197 g/mol. The Kier molecular flexibility index (Phi) is 3.75. The molecule has 0 aromatic heterocycles. The highest BCUT2D eigenvalue weighted by Gasteiger charge is 2.01. The van der Waals surface area contributed by atoms with Crippen LogP contribution in [0.5, 0.6) is 11.5 Å². The lowest BCUT2D eigenvalue weighted by Gasteiger charge is -2.04. The zero-order valence-electron chi connectivity index (χ0n) is 7.47. The first-order valence-electron chi connectivity index (χ1n) is 4.04. The summed E-state index contributed by atoms with van der Waals surface area (Å²) in [6.07, 6.45) is 0.0946. The van der Waals surface area contributed by atoms with Gasteiger partial charge in [0.05, 0.1) is 13.0 Å². The minimum Gasteiger partial charge on any atom is -0.508 e. The summed E-state index contributed by atoms with van der Waals surface area (Å²) in [5.74, 6) is 4.85. The third kappa shape index (κ3) is 3.32. The molecule has 1 aromatic carbocycles. The van der Waals surface area contributed by atoms with Crippen LogP contribution in [0.1, 0.15) is 6.42 Å². The molecule has 1 rings (SSSR count). The van der Waals surface area contributed by atoms with Crippen molar-refractivity contribution in [2.45, 2.75) is 6.42 Å². The first-order valence-corrected chi connectivity index (χ1v) is 4.04. The van der Waals surface area contributed by atoms with Crippen molar-refractivity contribution in [3.63, 3.8) is 0 Å². The molecule has 0 aliphatic carbocycles. The Morgan fingerprint density at radius 1 is 1.36 bits per heavy atom. The van der Waals surface area contributed by atoms with E-state index in [9.17, 15) is 4.79 Å². The smallest absolute Gasteiger partial charge is 0.327 e.